The zero-order valence-corrected chi connectivity index (χ0v) is 8.85. The van der Waals surface area contributed by atoms with Gasteiger partial charge in [0, 0.05) is 34.7 Å². The van der Waals surface area contributed by atoms with E-state index in [0.717, 1.165) is 23.8 Å². The summed E-state index contributed by atoms with van der Waals surface area (Å²) in [4.78, 5) is 0. The summed E-state index contributed by atoms with van der Waals surface area (Å²) >= 11 is 3.02. The fourth-order valence-electron chi connectivity index (χ4n) is 0.349. The van der Waals surface area contributed by atoms with Crippen molar-refractivity contribution in [3.63, 3.8) is 0 Å². The number of halogens is 1. The molecule has 0 unspecified atom stereocenters. The molecule has 0 fully saturated rings. The van der Waals surface area contributed by atoms with Crippen LogP contribution in [0, 0.1) is 0 Å². The van der Waals surface area contributed by atoms with Crippen LogP contribution < -0.4 is 4.34 Å². The molecule has 1 N–H and O–H groups in total. The molecule has 0 saturated carbocycles. The van der Waals surface area contributed by atoms with Gasteiger partial charge in [0.05, 0.1) is 0 Å². The summed E-state index contributed by atoms with van der Waals surface area (Å²) < 4.78 is 23.8. The highest BCUT2D eigenvalue weighted by atomic mass is 79.9. The second-order valence-corrected chi connectivity index (χ2v) is 6.90. The molecule has 0 aromatic rings. The maximum absolute atomic E-state index is 10.5. The van der Waals surface area contributed by atoms with Crippen molar-refractivity contribution in [3.8, 4) is 0 Å². The Bertz CT molecular complexity index is 168. The minimum atomic E-state index is -2.83. The third-order valence-corrected chi connectivity index (χ3v) is 3.78. The Kier molecular flexibility index (Phi) is 5.80. The molecule has 0 saturated heterocycles. The smallest absolute Gasteiger partial charge is 0.198 e. The number of hydrogen-bond acceptors (Lipinski definition) is 4. The molecule has 0 atom stereocenters. The van der Waals surface area contributed by atoms with Crippen molar-refractivity contribution < 1.29 is 8.42 Å². The van der Waals surface area contributed by atoms with Crippen molar-refractivity contribution >= 4 is 35.8 Å². The van der Waals surface area contributed by atoms with E-state index < -0.39 is 8.87 Å². The minimum Gasteiger partial charge on any atom is -0.256 e. The summed E-state index contributed by atoms with van der Waals surface area (Å²) in [6, 6.07) is 0. The normalized spacial score (nSPS) is 11.8. The summed E-state index contributed by atoms with van der Waals surface area (Å²) in [6.45, 7) is 0.794. The summed E-state index contributed by atoms with van der Waals surface area (Å²) in [5.74, 6) is 0.650. The molecule has 6 heteroatoms. The molecule has 0 amide bonds. The highest BCUT2D eigenvalue weighted by Gasteiger charge is 2.00. The predicted molar refractivity (Wildman–Crippen MR) is 48.8 cm³/mol. The molecule has 0 heterocycles. The molecule has 0 aliphatic carbocycles. The third-order valence-electron chi connectivity index (χ3n) is 0.713. The average molecular weight is 248 g/mol. The number of nitrogens with one attached hydrogen (secondary N) is 1. The highest BCUT2D eigenvalue weighted by Crippen LogP contribution is 2.09. The van der Waals surface area contributed by atoms with Crippen LogP contribution in [0.2, 0.25) is 0 Å². The van der Waals surface area contributed by atoms with Gasteiger partial charge in [0.1, 0.15) is 0 Å². The Balaban J connectivity index is 3.21. The van der Waals surface area contributed by atoms with E-state index in [0.29, 0.717) is 5.75 Å². The lowest BCUT2D eigenvalue weighted by atomic mass is 10.5. The first-order valence-electron chi connectivity index (χ1n) is 2.74. The van der Waals surface area contributed by atoms with Gasteiger partial charge in [0.15, 0.2) is 8.87 Å². The van der Waals surface area contributed by atoms with Crippen molar-refractivity contribution in [2.45, 2.75) is 6.42 Å². The van der Waals surface area contributed by atoms with Gasteiger partial charge in [-0.25, -0.2) is 8.42 Å². The van der Waals surface area contributed by atoms with E-state index in [2.05, 4.69) is 20.5 Å². The fraction of sp³-hybridized carbons (Fsp3) is 1.00. The highest BCUT2D eigenvalue weighted by molar-refractivity contribution is 9.08. The Labute approximate surface area is 73.6 Å². The van der Waals surface area contributed by atoms with Crippen molar-refractivity contribution in [2.75, 3.05) is 18.6 Å². The van der Waals surface area contributed by atoms with Crippen molar-refractivity contribution in [2.24, 2.45) is 0 Å². The summed E-state index contributed by atoms with van der Waals surface area (Å²) in [5, 5.41) is 0. The zero-order valence-electron chi connectivity index (χ0n) is 5.63. The average Bonchev–Trinajstić information content (AvgIpc) is 1.78. The van der Waals surface area contributed by atoms with E-state index in [-0.39, 0.29) is 0 Å². The molecule has 0 aromatic carbocycles. The van der Waals surface area contributed by atoms with Gasteiger partial charge in [0.2, 0.25) is 0 Å². The Morgan fingerprint density at radius 2 is 2.20 bits per heavy atom. The number of hydrogen-bond donors (Lipinski definition) is 1. The van der Waals surface area contributed by atoms with Gasteiger partial charge in [-0.1, -0.05) is 0 Å². The molecular weight excluding hydrogens is 238 g/mol. The monoisotopic (exact) mass is 247 g/mol. The molecule has 10 heavy (non-hydrogen) atoms. The molecule has 0 aliphatic heterocycles. The molecule has 62 valence electrons. The van der Waals surface area contributed by atoms with Gasteiger partial charge in [-0.2, -0.15) is 0 Å². The molecule has 0 rings (SSSR count). The molecule has 0 aromatic heterocycles. The first-order valence-corrected chi connectivity index (χ1v) is 6.93. The van der Waals surface area contributed by atoms with Gasteiger partial charge in [-0.15, -0.1) is 0 Å². The lowest BCUT2D eigenvalue weighted by Gasteiger charge is -1.96. The van der Waals surface area contributed by atoms with Gasteiger partial charge in [0.25, 0.3) is 0 Å². The van der Waals surface area contributed by atoms with Crippen LogP contribution in [0.4, 0.5) is 0 Å². The van der Waals surface area contributed by atoms with Crippen LogP contribution in [-0.2, 0) is 8.87 Å². The molecule has 0 radical (unpaired) electrons. The van der Waals surface area contributed by atoms with E-state index in [1.165, 1.54) is 6.26 Å². The first kappa shape index (κ1) is 10.7. The molecule has 3 nitrogen and oxygen atoms in total. The Morgan fingerprint density at radius 3 is 2.60 bits per heavy atom. The van der Waals surface area contributed by atoms with E-state index in [4.69, 9.17) is 0 Å². The van der Waals surface area contributed by atoms with E-state index in [9.17, 15) is 8.42 Å². The topological polar surface area (TPSA) is 46.2 Å². The molecular formula is C4H10BrNO2S2. The maximum atomic E-state index is 10.5. The van der Waals surface area contributed by atoms with Gasteiger partial charge >= 0.3 is 0 Å². The molecule has 0 bridgehead atoms. The van der Waals surface area contributed by atoms with E-state index in [1.807, 2.05) is 0 Å². The zero-order chi connectivity index (χ0) is 8.04. The van der Waals surface area contributed by atoms with Crippen molar-refractivity contribution in [1.29, 1.82) is 0 Å². The minimum absolute atomic E-state index is 0.650. The van der Waals surface area contributed by atoms with Crippen LogP contribution in [-0.4, -0.2) is 27.0 Å². The molecule has 0 spiro atoms. The van der Waals surface area contributed by atoms with Gasteiger partial charge < -0.3 is 0 Å². The Morgan fingerprint density at radius 1 is 1.60 bits per heavy atom. The van der Waals surface area contributed by atoms with E-state index in [1.54, 1.807) is 0 Å². The second kappa shape index (κ2) is 5.40. The summed E-state index contributed by atoms with van der Waals surface area (Å²) in [6.07, 6.45) is 2.07. The van der Waals surface area contributed by atoms with Gasteiger partial charge in [-0.3, -0.25) is 4.34 Å². The van der Waals surface area contributed by atoms with Crippen molar-refractivity contribution in [3.05, 3.63) is 0 Å². The molecule has 0 aliphatic rings. The summed E-state index contributed by atoms with van der Waals surface area (Å²) in [5.41, 5.74) is 0. The van der Waals surface area contributed by atoms with Crippen LogP contribution >= 0.6 is 26.9 Å². The Hall–Kier alpha value is 0.740. The van der Waals surface area contributed by atoms with Crippen LogP contribution in [0.5, 0.6) is 0 Å². The van der Waals surface area contributed by atoms with Gasteiger partial charge in [-0.05, 0) is 17.2 Å². The van der Waals surface area contributed by atoms with Crippen LogP contribution in [0.25, 0.3) is 0 Å². The van der Waals surface area contributed by atoms with Crippen molar-refractivity contribution in [1.82, 2.24) is 4.34 Å². The predicted octanol–water partition coefficient (Wildman–Crippen LogP) is 0.969. The standard InChI is InChI=1S/C4H10BrNO2S2/c1-10(7,8)9-4-2-3-6-5/h6H,2-4H2,1H3. The lowest BCUT2D eigenvalue weighted by molar-refractivity contribution is 0.615. The number of rotatable bonds is 5. The largest absolute Gasteiger partial charge is 0.256 e. The van der Waals surface area contributed by atoms with E-state index >= 15 is 0 Å². The van der Waals surface area contributed by atoms with Crippen LogP contribution in [0.15, 0.2) is 0 Å². The maximum Gasteiger partial charge on any atom is 0.198 e. The lowest BCUT2D eigenvalue weighted by Crippen LogP contribution is -2.02. The quantitative estimate of drug-likeness (QED) is 0.447. The van der Waals surface area contributed by atoms with Crippen LogP contribution in [0.1, 0.15) is 6.42 Å². The first-order chi connectivity index (χ1) is 4.56. The SMILES string of the molecule is CS(=O)(=O)SCCCNBr. The van der Waals surface area contributed by atoms with Crippen LogP contribution in [0.3, 0.4) is 0 Å². The summed E-state index contributed by atoms with van der Waals surface area (Å²) in [7, 11) is -1.85. The fourth-order valence-corrected chi connectivity index (χ4v) is 2.46. The second-order valence-electron chi connectivity index (χ2n) is 1.76. The third kappa shape index (κ3) is 8.74.